The fraction of sp³-hybridized carbons (Fsp3) is 0.154. The van der Waals surface area contributed by atoms with E-state index in [1.54, 1.807) is 0 Å². The molecule has 10 aromatic carbocycles. The van der Waals surface area contributed by atoms with Gasteiger partial charge in [-0.3, -0.25) is 4.57 Å². The van der Waals surface area contributed by atoms with Gasteiger partial charge in [-0.1, -0.05) is 187 Å². The predicted octanol–water partition coefficient (Wildman–Crippen LogP) is 19.3. The summed E-state index contributed by atoms with van der Waals surface area (Å²) < 4.78 is 61.7. The van der Waals surface area contributed by atoms with Crippen molar-refractivity contribution in [2.24, 2.45) is 0 Å². The van der Waals surface area contributed by atoms with Crippen LogP contribution in [0.25, 0.3) is 122 Å². The first-order valence-corrected chi connectivity index (χ1v) is 29.0. The number of rotatable bonds is 6. The molecular weight excluding hydrogens is 1220 g/mol. The van der Waals surface area contributed by atoms with E-state index in [1.165, 1.54) is 16.7 Å². The van der Waals surface area contributed by atoms with Crippen LogP contribution in [0.2, 0.25) is 0 Å². The second-order valence-electron chi connectivity index (χ2n) is 25.1. The van der Waals surface area contributed by atoms with Crippen molar-refractivity contribution in [3.63, 3.8) is 0 Å². The number of nitrogens with zero attached hydrogens (tertiary/aromatic N) is 5. The summed E-state index contributed by atoms with van der Waals surface area (Å²) >= 11 is 0. The molecule has 0 unspecified atom stereocenters. The van der Waals surface area contributed by atoms with Gasteiger partial charge in [0.15, 0.2) is 0 Å². The number of hydrogen-bond acceptors (Lipinski definition) is 2. The van der Waals surface area contributed by atoms with Gasteiger partial charge in [0.2, 0.25) is 0 Å². The maximum atomic E-state index is 9.62. The second kappa shape index (κ2) is 19.5. The molecule has 1 aliphatic carbocycles. The third-order valence-corrected chi connectivity index (χ3v) is 18.0. The first-order chi connectivity index (χ1) is 42.8. The predicted molar refractivity (Wildman–Crippen MR) is 344 cm³/mol. The van der Waals surface area contributed by atoms with E-state index in [4.69, 9.17) is 13.8 Å². The number of hydrogen-bond donors (Lipinski definition) is 0. The van der Waals surface area contributed by atoms with Gasteiger partial charge in [0.05, 0.1) is 34.6 Å². The Hall–Kier alpha value is -9.09. The van der Waals surface area contributed by atoms with Crippen LogP contribution in [0.5, 0.6) is 11.5 Å². The number of pyridine rings is 1. The summed E-state index contributed by atoms with van der Waals surface area (Å²) in [5.74, 6) is 1.74. The van der Waals surface area contributed by atoms with Crippen LogP contribution in [0.3, 0.4) is 0 Å². The molecule has 7 heteroatoms. The molecule has 416 valence electrons. The van der Waals surface area contributed by atoms with Crippen LogP contribution in [0.1, 0.15) is 84.9 Å². The number of imidazole rings is 1. The molecule has 5 heterocycles. The van der Waals surface area contributed by atoms with Crippen LogP contribution >= 0.6 is 0 Å². The Morgan fingerprint density at radius 3 is 1.79 bits per heavy atom. The third-order valence-electron chi connectivity index (χ3n) is 18.0. The topological polar surface area (TPSA) is 40.8 Å². The maximum Gasteiger partial charge on any atom is 0.268 e. The largest absolute Gasteiger partial charge is 0.510 e. The smallest absolute Gasteiger partial charge is 0.268 e. The van der Waals surface area contributed by atoms with Gasteiger partial charge in [-0.15, -0.1) is 29.7 Å². The van der Waals surface area contributed by atoms with Crippen LogP contribution in [0.4, 0.5) is 0 Å². The van der Waals surface area contributed by atoms with Crippen molar-refractivity contribution in [3.8, 4) is 78.9 Å². The van der Waals surface area contributed by atoms with E-state index in [0.717, 1.165) is 112 Å². The van der Waals surface area contributed by atoms with Gasteiger partial charge < -0.3 is 18.4 Å². The molecule has 4 aromatic heterocycles. The van der Waals surface area contributed by atoms with Crippen LogP contribution in [-0.2, 0) is 37.3 Å². The molecule has 0 atom stereocenters. The average molecular weight is 1280 g/mol. The van der Waals surface area contributed by atoms with Crippen molar-refractivity contribution in [1.82, 2.24) is 18.7 Å². The van der Waals surface area contributed by atoms with Crippen LogP contribution in [-0.4, -0.2) is 18.7 Å². The Balaban J connectivity index is 0.00000676. The Bertz CT molecular complexity index is 5290. The maximum absolute atomic E-state index is 9.62. The monoisotopic (exact) mass is 1280 g/mol. The Kier molecular flexibility index (Phi) is 10.8. The third kappa shape index (κ3) is 8.31. The first kappa shape index (κ1) is 47.3. The van der Waals surface area contributed by atoms with Crippen LogP contribution in [0.15, 0.2) is 218 Å². The zero-order valence-corrected chi connectivity index (χ0v) is 50.5. The van der Waals surface area contributed by atoms with Gasteiger partial charge in [0, 0.05) is 60.7 Å². The number of ether oxygens (including phenoxy) is 1. The van der Waals surface area contributed by atoms with E-state index in [9.17, 15) is 2.74 Å². The summed E-state index contributed by atoms with van der Waals surface area (Å²) in [6, 6.07) is 69.1. The quantitative estimate of drug-likeness (QED) is 0.123. The normalized spacial score (nSPS) is 14.9. The molecule has 0 bridgehead atoms. The van der Waals surface area contributed by atoms with Crippen molar-refractivity contribution in [3.05, 3.63) is 254 Å². The minimum Gasteiger partial charge on any atom is -0.510 e. The summed E-state index contributed by atoms with van der Waals surface area (Å²) in [5.41, 5.74) is 17.4. The number of fused-ring (bicyclic) bond motifs is 14. The molecule has 6 nitrogen and oxygen atoms in total. The van der Waals surface area contributed by atoms with Gasteiger partial charge in [-0.2, -0.15) is 18.2 Å². The Labute approximate surface area is 517 Å². The SMILES string of the molecule is [2H]c1c([2H])c([2H])c(-c2cccc3c2-[n+]2[c-]n(-c4[c-]c(Oc5[c-]c6c(cc5)c5ccccc5n6-c5cc(C(C)(C)C)ccn5)ccc4)c4cc(-n5c6ccccc6c6ccccc65)cc(c42)-c2ccccc2-c2cc4c(cc2-3)C(C)(C)CCC4(C)C)c([2H])c1[2H].[Pt]. The zero-order valence-electron chi connectivity index (χ0n) is 53.3. The summed E-state index contributed by atoms with van der Waals surface area (Å²) in [6.07, 6.45) is 7.83. The first-order valence-electron chi connectivity index (χ1n) is 31.5. The molecule has 2 aliphatic rings. The summed E-state index contributed by atoms with van der Waals surface area (Å²) in [4.78, 5) is 4.92. The molecule has 0 saturated carbocycles. The van der Waals surface area contributed by atoms with E-state index in [-0.39, 0.29) is 55.0 Å². The molecule has 0 amide bonds. The van der Waals surface area contributed by atoms with Crippen LogP contribution in [0, 0.1) is 18.5 Å². The van der Waals surface area contributed by atoms with Crippen molar-refractivity contribution in [2.75, 3.05) is 0 Å². The minimum atomic E-state index is -0.451. The second-order valence-corrected chi connectivity index (χ2v) is 25.1. The summed E-state index contributed by atoms with van der Waals surface area (Å²) in [7, 11) is 0. The van der Waals surface area contributed by atoms with Crippen molar-refractivity contribution < 1.29 is 37.2 Å². The van der Waals surface area contributed by atoms with Gasteiger partial charge in [0.25, 0.3) is 6.33 Å². The zero-order chi connectivity index (χ0) is 61.2. The standard InChI is InChI=1S/C78H61N5O.Pt/c1-76(2,3)50-37-40-79-73(41-50)83-70-34-18-15-29-60(70)61-36-35-54(45-71(61)83)84-53-24-19-23-51(42-53)80-48-81-74-55(49-21-9-8-10-22-49)30-20-31-62(74)64-47-67-66(77(4,5)38-39-78(67,6)7)46-63(64)56-25-11-12-26-57(56)65-43-52(44-72(80)75(65)81)82-68-32-16-13-27-58(68)59-28-14-17-33-69(59)82;/h8-37,40-41,43-44,46-47H,38-39H2,1-7H3;/q-2;/i8D,9D,10D,21D,22D;. The fourth-order valence-electron chi connectivity index (χ4n) is 13.6. The van der Waals surface area contributed by atoms with Gasteiger partial charge >= 0.3 is 0 Å². The molecule has 0 fully saturated rings. The molecule has 0 N–H and O–H groups in total. The summed E-state index contributed by atoms with van der Waals surface area (Å²) in [6.45, 7) is 16.0. The van der Waals surface area contributed by atoms with Crippen molar-refractivity contribution in [1.29, 1.82) is 0 Å². The average Bonchev–Trinajstić information content (AvgIpc) is 1.48. The molecule has 1 aliphatic heterocycles. The molecule has 16 rings (SSSR count). The van der Waals surface area contributed by atoms with E-state index in [1.807, 2.05) is 47.2 Å². The van der Waals surface area contributed by atoms with E-state index >= 15 is 0 Å². The fourth-order valence-corrected chi connectivity index (χ4v) is 13.6. The molecule has 0 saturated heterocycles. The van der Waals surface area contributed by atoms with E-state index < -0.39 is 18.1 Å². The Morgan fingerprint density at radius 2 is 1.11 bits per heavy atom. The van der Waals surface area contributed by atoms with E-state index in [0.29, 0.717) is 28.4 Å². The molecule has 0 radical (unpaired) electrons. The summed E-state index contributed by atoms with van der Waals surface area (Å²) in [5, 5.41) is 4.36. The number of benzene rings is 10. The van der Waals surface area contributed by atoms with Crippen molar-refractivity contribution in [2.45, 2.75) is 77.6 Å². The van der Waals surface area contributed by atoms with Crippen molar-refractivity contribution >= 4 is 54.6 Å². The molecule has 85 heavy (non-hydrogen) atoms. The minimum absolute atomic E-state index is 0. The van der Waals surface area contributed by atoms with Gasteiger partial charge in [-0.25, -0.2) is 4.98 Å². The number of aromatic nitrogens is 5. The molecule has 14 aromatic rings. The van der Waals surface area contributed by atoms with Gasteiger partial charge in [0.1, 0.15) is 5.82 Å². The number of para-hydroxylation sites is 4. The molecular formula is C78H61N5OPt-2. The van der Waals surface area contributed by atoms with Gasteiger partial charge in [-0.05, 0) is 150 Å². The molecule has 0 spiro atoms. The van der Waals surface area contributed by atoms with E-state index in [2.05, 4.69) is 226 Å². The Morgan fingerprint density at radius 1 is 0.529 bits per heavy atom. The van der Waals surface area contributed by atoms with Crippen LogP contribution < -0.4 is 9.30 Å².